The Kier molecular flexibility index (Phi) is 5.43. The predicted octanol–water partition coefficient (Wildman–Crippen LogP) is 5.43. The van der Waals surface area contributed by atoms with Gasteiger partial charge in [0.05, 0.1) is 29.1 Å². The van der Waals surface area contributed by atoms with Crippen molar-refractivity contribution in [3.05, 3.63) is 100.0 Å². The van der Waals surface area contributed by atoms with Crippen LogP contribution >= 0.6 is 11.6 Å². The molecule has 0 fully saturated rings. The normalized spacial score (nSPS) is 12.2. The Bertz CT molecular complexity index is 1450. The zero-order valence-corrected chi connectivity index (χ0v) is 18.2. The maximum atomic E-state index is 14.7. The number of fused-ring (bicyclic) bond motifs is 3. The van der Waals surface area contributed by atoms with E-state index in [2.05, 4.69) is 20.3 Å². The Morgan fingerprint density at radius 2 is 1.85 bits per heavy atom. The van der Waals surface area contributed by atoms with Crippen LogP contribution in [0.25, 0.3) is 11.3 Å². The molecule has 1 aliphatic rings. The fourth-order valence-corrected chi connectivity index (χ4v) is 3.94. The second kappa shape index (κ2) is 8.57. The minimum Gasteiger partial charge on any atom is -0.507 e. The molecule has 4 aromatic rings. The van der Waals surface area contributed by atoms with E-state index in [1.807, 2.05) is 0 Å². The van der Waals surface area contributed by atoms with Crippen molar-refractivity contribution in [2.24, 2.45) is 4.99 Å². The molecule has 0 spiro atoms. The molecule has 9 heteroatoms. The maximum Gasteiger partial charge on any atom is 0.335 e. The molecule has 0 unspecified atom stereocenters. The first kappa shape index (κ1) is 21.5. The van der Waals surface area contributed by atoms with Crippen LogP contribution in [-0.4, -0.2) is 31.9 Å². The van der Waals surface area contributed by atoms with Crippen LogP contribution < -0.4 is 5.32 Å². The number of rotatable bonds is 4. The highest BCUT2D eigenvalue weighted by Gasteiger charge is 2.25. The van der Waals surface area contributed by atoms with Gasteiger partial charge in [0.2, 0.25) is 5.95 Å². The van der Waals surface area contributed by atoms with E-state index in [-0.39, 0.29) is 29.1 Å². The van der Waals surface area contributed by atoms with E-state index in [1.165, 1.54) is 30.3 Å². The standard InChI is InChI=1S/C25H16ClFN4O3/c26-15-6-9-17-18(10-15)23(21-19(27)2-1-3-20(21)32)28-11-14-12-29-25(31-22(14)17)30-16-7-4-13(5-8-16)24(33)34/h1-10,12,32H,11H2,(H,33,34)(H,29,30,31). The monoisotopic (exact) mass is 474 g/mol. The van der Waals surface area contributed by atoms with E-state index in [1.54, 1.807) is 36.5 Å². The van der Waals surface area contributed by atoms with Gasteiger partial charge in [-0.3, -0.25) is 4.99 Å². The highest BCUT2D eigenvalue weighted by atomic mass is 35.5. The summed E-state index contributed by atoms with van der Waals surface area (Å²) >= 11 is 6.26. The van der Waals surface area contributed by atoms with Gasteiger partial charge in [-0.1, -0.05) is 23.7 Å². The topological polar surface area (TPSA) is 108 Å². The number of hydrogen-bond acceptors (Lipinski definition) is 6. The molecule has 2 heterocycles. The van der Waals surface area contributed by atoms with Gasteiger partial charge in [-0.15, -0.1) is 0 Å². The number of hydrogen-bond donors (Lipinski definition) is 3. The Labute approximate surface area is 198 Å². The van der Waals surface area contributed by atoms with E-state index in [4.69, 9.17) is 16.7 Å². The average molecular weight is 475 g/mol. The molecule has 0 bridgehead atoms. The lowest BCUT2D eigenvalue weighted by Crippen LogP contribution is -2.08. The van der Waals surface area contributed by atoms with Crippen LogP contribution in [0.5, 0.6) is 5.75 Å². The van der Waals surface area contributed by atoms with Crippen LogP contribution in [0.3, 0.4) is 0 Å². The Morgan fingerprint density at radius 3 is 2.59 bits per heavy atom. The van der Waals surface area contributed by atoms with Crippen molar-refractivity contribution < 1.29 is 19.4 Å². The molecule has 3 aromatic carbocycles. The highest BCUT2D eigenvalue weighted by molar-refractivity contribution is 6.31. The molecular formula is C25H16ClFN4O3. The summed E-state index contributed by atoms with van der Waals surface area (Å²) in [6.07, 6.45) is 1.63. The van der Waals surface area contributed by atoms with E-state index >= 15 is 0 Å². The van der Waals surface area contributed by atoms with Crippen molar-refractivity contribution in [1.82, 2.24) is 9.97 Å². The number of carboxylic acids is 1. The summed E-state index contributed by atoms with van der Waals surface area (Å²) in [6.45, 7) is 0.165. The summed E-state index contributed by atoms with van der Waals surface area (Å²) in [5.41, 5.74) is 3.52. The number of nitrogens with zero attached hydrogens (tertiary/aromatic N) is 3. The number of aromatic carboxylic acids is 1. The number of aromatic nitrogens is 2. The molecule has 1 aromatic heterocycles. The molecule has 0 saturated heterocycles. The van der Waals surface area contributed by atoms with Crippen molar-refractivity contribution in [2.45, 2.75) is 6.54 Å². The summed E-state index contributed by atoms with van der Waals surface area (Å²) < 4.78 is 14.7. The third kappa shape index (κ3) is 3.95. The minimum absolute atomic E-state index is 0.0105. The molecule has 0 atom stereocenters. The van der Waals surface area contributed by atoms with Crippen LogP contribution in [0, 0.1) is 5.82 Å². The third-order valence-corrected chi connectivity index (χ3v) is 5.62. The van der Waals surface area contributed by atoms with Crippen LogP contribution in [0.15, 0.2) is 71.9 Å². The van der Waals surface area contributed by atoms with Gasteiger partial charge in [0.15, 0.2) is 0 Å². The number of carboxylic acid groups (broad SMARTS) is 1. The second-order valence-electron chi connectivity index (χ2n) is 7.56. The number of phenolic OH excluding ortho intramolecular Hbond substituents is 1. The number of halogens is 2. The quantitative estimate of drug-likeness (QED) is 0.364. The molecule has 0 amide bonds. The zero-order valence-electron chi connectivity index (χ0n) is 17.5. The number of benzene rings is 3. The molecule has 3 N–H and O–H groups in total. The Balaban J connectivity index is 1.59. The van der Waals surface area contributed by atoms with Crippen LogP contribution in [0.1, 0.15) is 27.0 Å². The van der Waals surface area contributed by atoms with Gasteiger partial charge in [0.1, 0.15) is 11.6 Å². The predicted molar refractivity (Wildman–Crippen MR) is 127 cm³/mol. The molecule has 1 aliphatic heterocycles. The average Bonchev–Trinajstić information content (AvgIpc) is 2.96. The number of carbonyl (C=O) groups is 1. The van der Waals surface area contributed by atoms with Gasteiger partial charge in [-0.2, -0.15) is 0 Å². The maximum absolute atomic E-state index is 14.7. The third-order valence-electron chi connectivity index (χ3n) is 5.38. The Morgan fingerprint density at radius 1 is 1.06 bits per heavy atom. The molecule has 5 rings (SSSR count). The van der Waals surface area contributed by atoms with E-state index in [0.717, 1.165) is 0 Å². The summed E-state index contributed by atoms with van der Waals surface area (Å²) in [5.74, 6) is -1.55. The van der Waals surface area contributed by atoms with Gasteiger partial charge in [-0.05, 0) is 48.5 Å². The number of anilines is 2. The van der Waals surface area contributed by atoms with E-state index in [9.17, 15) is 14.3 Å². The fraction of sp³-hybridized carbons (Fsp3) is 0.0400. The van der Waals surface area contributed by atoms with E-state index in [0.29, 0.717) is 39.0 Å². The number of aromatic hydroxyl groups is 1. The summed E-state index contributed by atoms with van der Waals surface area (Å²) in [7, 11) is 0. The molecule has 168 valence electrons. The first-order valence-corrected chi connectivity index (χ1v) is 10.6. The molecule has 34 heavy (non-hydrogen) atoms. The first-order valence-electron chi connectivity index (χ1n) is 10.2. The van der Waals surface area contributed by atoms with Crippen molar-refractivity contribution in [3.8, 4) is 17.0 Å². The SMILES string of the molecule is O=C(O)c1ccc(Nc2ncc3c(n2)-c2ccc(Cl)cc2C(c2c(O)cccc2F)=NC3)cc1. The summed E-state index contributed by atoms with van der Waals surface area (Å²) in [6, 6.07) is 15.4. The van der Waals surface area contributed by atoms with Crippen molar-refractivity contribution in [2.75, 3.05) is 5.32 Å². The van der Waals surface area contributed by atoms with E-state index < -0.39 is 11.8 Å². The van der Waals surface area contributed by atoms with Crippen molar-refractivity contribution in [3.63, 3.8) is 0 Å². The fourth-order valence-electron chi connectivity index (χ4n) is 3.77. The van der Waals surface area contributed by atoms with Gasteiger partial charge in [0.25, 0.3) is 0 Å². The lowest BCUT2D eigenvalue weighted by atomic mass is 9.94. The van der Waals surface area contributed by atoms with Gasteiger partial charge in [-0.25, -0.2) is 19.2 Å². The van der Waals surface area contributed by atoms with Crippen molar-refractivity contribution in [1.29, 1.82) is 0 Å². The van der Waals surface area contributed by atoms with Crippen LogP contribution in [-0.2, 0) is 6.54 Å². The number of phenols is 1. The second-order valence-corrected chi connectivity index (χ2v) is 8.00. The van der Waals surface area contributed by atoms with Gasteiger partial charge >= 0.3 is 5.97 Å². The highest BCUT2D eigenvalue weighted by Crippen LogP contribution is 2.36. The lowest BCUT2D eigenvalue weighted by molar-refractivity contribution is 0.0697. The van der Waals surface area contributed by atoms with Crippen LogP contribution in [0.2, 0.25) is 5.02 Å². The zero-order chi connectivity index (χ0) is 23.8. The smallest absolute Gasteiger partial charge is 0.335 e. The lowest BCUT2D eigenvalue weighted by Gasteiger charge is -2.14. The van der Waals surface area contributed by atoms with Crippen LogP contribution in [0.4, 0.5) is 16.0 Å². The molecule has 0 saturated carbocycles. The largest absolute Gasteiger partial charge is 0.507 e. The van der Waals surface area contributed by atoms with Gasteiger partial charge in [0, 0.05) is 33.6 Å². The molecule has 0 aliphatic carbocycles. The molecule has 0 radical (unpaired) electrons. The summed E-state index contributed by atoms with van der Waals surface area (Å²) in [5, 5.41) is 22.9. The van der Waals surface area contributed by atoms with Crippen molar-refractivity contribution >= 4 is 34.9 Å². The first-order chi connectivity index (χ1) is 16.4. The molecular weight excluding hydrogens is 459 g/mol. The summed E-state index contributed by atoms with van der Waals surface area (Å²) in [4.78, 5) is 24.7. The Hall–Kier alpha value is -4.30. The molecule has 7 nitrogen and oxygen atoms in total. The van der Waals surface area contributed by atoms with Gasteiger partial charge < -0.3 is 15.5 Å². The minimum atomic E-state index is -1.01. The number of aliphatic imine (C=N–C) groups is 1. The number of nitrogens with one attached hydrogen (secondary N) is 1.